The quantitative estimate of drug-likeness (QED) is 0.493. The molecule has 2 aromatic rings. The van der Waals surface area contributed by atoms with Crippen LogP contribution in [0.25, 0.3) is 0 Å². The molecule has 1 unspecified atom stereocenters. The van der Waals surface area contributed by atoms with E-state index in [4.69, 9.17) is 14.4 Å². The number of nitriles is 1. The molecule has 6 heteroatoms. The van der Waals surface area contributed by atoms with Gasteiger partial charge in [-0.15, -0.1) is 0 Å². The zero-order chi connectivity index (χ0) is 15.5. The summed E-state index contributed by atoms with van der Waals surface area (Å²) in [5, 5.41) is 9.17. The normalized spacial score (nSPS) is 17.3. The number of esters is 1. The molecule has 0 spiro atoms. The van der Waals surface area contributed by atoms with Crippen molar-refractivity contribution in [3.05, 3.63) is 47.7 Å². The Morgan fingerprint density at radius 3 is 2.95 bits per heavy atom. The van der Waals surface area contributed by atoms with Gasteiger partial charge >= 0.3 is 5.97 Å². The van der Waals surface area contributed by atoms with Gasteiger partial charge in [0.25, 0.3) is 6.71 Å². The van der Waals surface area contributed by atoms with E-state index in [1.807, 2.05) is 6.07 Å². The molecular formula is C16H15BN2O3. The van der Waals surface area contributed by atoms with E-state index in [2.05, 4.69) is 11.0 Å². The second kappa shape index (κ2) is 6.06. The number of hydrogen-bond acceptors (Lipinski definition) is 5. The van der Waals surface area contributed by atoms with Crippen LogP contribution in [0.4, 0.5) is 0 Å². The maximum absolute atomic E-state index is 12.2. The number of oxazole rings is 1. The molecule has 1 aromatic carbocycles. The maximum Gasteiger partial charge on any atom is 0.366 e. The van der Waals surface area contributed by atoms with Gasteiger partial charge < -0.3 is 9.15 Å². The van der Waals surface area contributed by atoms with Gasteiger partial charge in [0.05, 0.1) is 0 Å². The van der Waals surface area contributed by atoms with Crippen molar-refractivity contribution in [3.8, 4) is 11.7 Å². The molecule has 0 bridgehead atoms. The highest BCUT2D eigenvalue weighted by Gasteiger charge is 2.37. The molecule has 3 rings (SSSR count). The van der Waals surface area contributed by atoms with Crippen molar-refractivity contribution < 1.29 is 13.9 Å². The van der Waals surface area contributed by atoms with Crippen LogP contribution >= 0.6 is 0 Å². The number of benzene rings is 1. The van der Waals surface area contributed by atoms with E-state index in [0.717, 1.165) is 19.2 Å². The first-order valence-electron chi connectivity index (χ1n) is 7.33. The molecule has 1 fully saturated rings. The van der Waals surface area contributed by atoms with E-state index in [0.29, 0.717) is 17.4 Å². The molecule has 2 heterocycles. The van der Waals surface area contributed by atoms with Crippen LogP contribution in [0.2, 0.25) is 6.32 Å². The fourth-order valence-corrected chi connectivity index (χ4v) is 2.82. The number of ether oxygens (including phenoxy) is 1. The lowest BCUT2D eigenvalue weighted by Gasteiger charge is -2.04. The second-order valence-corrected chi connectivity index (χ2v) is 5.43. The smallest absolute Gasteiger partial charge is 0.366 e. The first-order valence-corrected chi connectivity index (χ1v) is 7.33. The zero-order valence-corrected chi connectivity index (χ0v) is 12.3. The van der Waals surface area contributed by atoms with Gasteiger partial charge in [0, 0.05) is 11.8 Å². The molecule has 1 saturated heterocycles. The Kier molecular flexibility index (Phi) is 3.97. The summed E-state index contributed by atoms with van der Waals surface area (Å²) in [4.78, 5) is 16.5. The van der Waals surface area contributed by atoms with Crippen LogP contribution in [0.3, 0.4) is 0 Å². The molecule has 0 N–H and O–H groups in total. The predicted molar refractivity (Wildman–Crippen MR) is 80.8 cm³/mol. The van der Waals surface area contributed by atoms with E-state index < -0.39 is 5.97 Å². The Morgan fingerprint density at radius 1 is 1.45 bits per heavy atom. The van der Waals surface area contributed by atoms with Crippen molar-refractivity contribution in [1.82, 2.24) is 4.98 Å². The van der Waals surface area contributed by atoms with Crippen LogP contribution in [0.15, 0.2) is 34.7 Å². The second-order valence-electron chi connectivity index (χ2n) is 5.43. The van der Waals surface area contributed by atoms with Crippen molar-refractivity contribution >= 4 is 12.7 Å². The van der Waals surface area contributed by atoms with E-state index in [1.54, 1.807) is 31.2 Å². The van der Waals surface area contributed by atoms with Gasteiger partial charge in [0.1, 0.15) is 11.5 Å². The van der Waals surface area contributed by atoms with Gasteiger partial charge in [-0.1, -0.05) is 30.9 Å². The van der Waals surface area contributed by atoms with Crippen molar-refractivity contribution in [2.75, 3.05) is 0 Å². The van der Waals surface area contributed by atoms with Crippen LogP contribution in [0, 0.1) is 18.2 Å². The molecule has 0 aliphatic carbocycles. The zero-order valence-electron chi connectivity index (χ0n) is 12.3. The minimum absolute atomic E-state index is 0.0259. The van der Waals surface area contributed by atoms with E-state index in [9.17, 15) is 4.79 Å². The fraction of sp³-hybridized carbons (Fsp3) is 0.312. The molecule has 22 heavy (non-hydrogen) atoms. The summed E-state index contributed by atoms with van der Waals surface area (Å²) in [6.45, 7) is 1.60. The first-order chi connectivity index (χ1) is 10.7. The molecule has 1 aromatic heterocycles. The third-order valence-electron chi connectivity index (χ3n) is 3.96. The number of rotatable bonds is 3. The van der Waals surface area contributed by atoms with Crippen LogP contribution < -0.4 is 4.74 Å². The molecule has 0 radical (unpaired) electrons. The highest BCUT2D eigenvalue weighted by molar-refractivity contribution is 6.68. The van der Waals surface area contributed by atoms with Crippen LogP contribution in [-0.2, 0) is 0 Å². The van der Waals surface area contributed by atoms with Crippen LogP contribution in [0.5, 0.6) is 5.75 Å². The predicted octanol–water partition coefficient (Wildman–Crippen LogP) is 3.18. The number of carbonyl (C=O) groups is 1. The SMILES string of the molecule is Cc1oc(C2CCCB2C#N)nc1C(=O)Oc1ccccc1. The average molecular weight is 294 g/mol. The summed E-state index contributed by atoms with van der Waals surface area (Å²) in [7, 11) is 0. The van der Waals surface area contributed by atoms with Gasteiger partial charge in [-0.25, -0.2) is 15.0 Å². The van der Waals surface area contributed by atoms with E-state index >= 15 is 0 Å². The fourth-order valence-electron chi connectivity index (χ4n) is 2.82. The molecule has 0 saturated carbocycles. The van der Waals surface area contributed by atoms with Crippen molar-refractivity contribution in [2.24, 2.45) is 0 Å². The molecule has 1 atom stereocenters. The molecule has 5 nitrogen and oxygen atoms in total. The van der Waals surface area contributed by atoms with E-state index in [1.165, 1.54) is 0 Å². The minimum Gasteiger partial charge on any atom is -0.446 e. The van der Waals surface area contributed by atoms with E-state index in [-0.39, 0.29) is 18.2 Å². The molecule has 0 amide bonds. The van der Waals surface area contributed by atoms with Gasteiger partial charge in [-0.3, -0.25) is 0 Å². The number of aromatic nitrogens is 1. The van der Waals surface area contributed by atoms with Gasteiger partial charge in [-0.05, 0) is 25.5 Å². The summed E-state index contributed by atoms with van der Waals surface area (Å²) in [5.41, 5.74) is 0.183. The summed E-state index contributed by atoms with van der Waals surface area (Å²) < 4.78 is 10.9. The summed E-state index contributed by atoms with van der Waals surface area (Å²) in [6.07, 6.45) is 2.70. The third-order valence-corrected chi connectivity index (χ3v) is 3.96. The number of carbonyl (C=O) groups excluding carboxylic acids is 1. The highest BCUT2D eigenvalue weighted by Crippen LogP contribution is 2.34. The topological polar surface area (TPSA) is 76.1 Å². The number of hydrogen-bond donors (Lipinski definition) is 0. The maximum atomic E-state index is 12.2. The Labute approximate surface area is 129 Å². The Hall–Kier alpha value is -2.55. The molecule has 1 aliphatic rings. The summed E-state index contributed by atoms with van der Waals surface area (Å²) >= 11 is 0. The van der Waals surface area contributed by atoms with Crippen molar-refractivity contribution in [2.45, 2.75) is 31.9 Å². The first kappa shape index (κ1) is 14.4. The molecule has 1 aliphatic heterocycles. The minimum atomic E-state index is -0.537. The lowest BCUT2D eigenvalue weighted by molar-refractivity contribution is 0.0727. The highest BCUT2D eigenvalue weighted by atomic mass is 16.5. The van der Waals surface area contributed by atoms with Crippen molar-refractivity contribution in [1.29, 1.82) is 5.26 Å². The van der Waals surface area contributed by atoms with Crippen LogP contribution in [0.1, 0.15) is 40.8 Å². The summed E-state index contributed by atoms with van der Waals surface area (Å²) in [5.74, 6) is 3.10. The largest absolute Gasteiger partial charge is 0.446 e. The summed E-state index contributed by atoms with van der Waals surface area (Å²) in [6, 6.07) is 8.84. The van der Waals surface area contributed by atoms with Crippen molar-refractivity contribution in [3.63, 3.8) is 0 Å². The Bertz CT molecular complexity index is 721. The Balaban J connectivity index is 1.80. The third kappa shape index (κ3) is 2.75. The van der Waals surface area contributed by atoms with Gasteiger partial charge in [0.2, 0.25) is 0 Å². The van der Waals surface area contributed by atoms with Gasteiger partial charge in [-0.2, -0.15) is 0 Å². The molecule has 110 valence electrons. The van der Waals surface area contributed by atoms with Crippen LogP contribution in [-0.4, -0.2) is 17.7 Å². The monoisotopic (exact) mass is 294 g/mol. The lowest BCUT2D eigenvalue weighted by Crippen LogP contribution is -2.16. The lowest BCUT2D eigenvalue weighted by atomic mass is 9.44. The standard InChI is InChI=1S/C16H15BN2O3/c1-11-14(16(20)22-12-6-3-2-4-7-12)19-15(21-11)13-8-5-9-17(13)10-18/h2-4,6-7,13H,5,8-9H2,1H3. The number of nitrogens with zero attached hydrogens (tertiary/aromatic N) is 2. The number of aryl methyl sites for hydroxylation is 1. The van der Waals surface area contributed by atoms with Gasteiger partial charge in [0.15, 0.2) is 11.6 Å². The average Bonchev–Trinajstić information content (AvgIpc) is 3.14. The molecular weight excluding hydrogens is 279 g/mol. The number of para-hydroxylation sites is 1. The Morgan fingerprint density at radius 2 is 2.23 bits per heavy atom.